The molecule has 6 rings (SSSR count). The molecule has 4 aromatic rings. The molecular formula is C42H45N3O8S. The number of carbonyl (C=O) groups is 4. The smallest absolute Gasteiger partial charge is 0.335 e. The van der Waals surface area contributed by atoms with Crippen molar-refractivity contribution < 1.29 is 38.7 Å². The van der Waals surface area contributed by atoms with Crippen LogP contribution in [0.3, 0.4) is 0 Å². The molecule has 4 N–H and O–H groups in total. The molecule has 0 heterocycles. The number of carbonyl (C=O) groups excluding carboxylic acids is 2. The van der Waals surface area contributed by atoms with Gasteiger partial charge in [0.2, 0.25) is 0 Å². The number of amides is 2. The zero-order chi connectivity index (χ0) is 38.2. The maximum Gasteiger partial charge on any atom is 0.335 e. The van der Waals surface area contributed by atoms with Crippen LogP contribution in [0.2, 0.25) is 0 Å². The van der Waals surface area contributed by atoms with E-state index in [1.165, 1.54) is 0 Å². The van der Waals surface area contributed by atoms with Crippen LogP contribution in [0.1, 0.15) is 87.6 Å². The molecule has 2 aliphatic rings. The molecule has 2 saturated carbocycles. The third kappa shape index (κ3) is 10.1. The summed E-state index contributed by atoms with van der Waals surface area (Å²) in [6, 6.07) is 25.9. The number of nitrogens with one attached hydrogen (secondary N) is 2. The highest BCUT2D eigenvalue weighted by atomic mass is 32.2. The highest BCUT2D eigenvalue weighted by Gasteiger charge is 2.35. The Kier molecular flexibility index (Phi) is 12.7. The summed E-state index contributed by atoms with van der Waals surface area (Å²) in [5.74, 6) is -2.00. The Hall–Kier alpha value is -5.17. The van der Waals surface area contributed by atoms with Gasteiger partial charge in [0, 0.05) is 23.9 Å². The van der Waals surface area contributed by atoms with E-state index in [0.29, 0.717) is 66.8 Å². The van der Waals surface area contributed by atoms with Crippen LogP contribution in [0.15, 0.2) is 95.9 Å². The van der Waals surface area contributed by atoms with Gasteiger partial charge in [-0.1, -0.05) is 30.3 Å². The van der Waals surface area contributed by atoms with Crippen molar-refractivity contribution in [2.75, 3.05) is 23.8 Å². The number of hydrogen-bond donors (Lipinski definition) is 4. The summed E-state index contributed by atoms with van der Waals surface area (Å²) in [7, 11) is 0. The first-order chi connectivity index (χ1) is 26.1. The van der Waals surface area contributed by atoms with E-state index in [9.17, 15) is 28.8 Å². The van der Waals surface area contributed by atoms with Crippen molar-refractivity contribution in [1.29, 1.82) is 0 Å². The maximum absolute atomic E-state index is 13.8. The van der Waals surface area contributed by atoms with Crippen molar-refractivity contribution in [2.45, 2.75) is 69.2 Å². The number of aromatic carboxylic acids is 1. The summed E-state index contributed by atoms with van der Waals surface area (Å²) in [5.41, 5.74) is 3.68. The quantitative estimate of drug-likeness (QED) is 0.0850. The van der Waals surface area contributed by atoms with Gasteiger partial charge in [-0.2, -0.15) is 0 Å². The number of hydrogen-bond acceptors (Lipinski definition) is 7. The lowest BCUT2D eigenvalue weighted by Crippen LogP contribution is -2.42. The molecule has 0 spiro atoms. The van der Waals surface area contributed by atoms with Crippen LogP contribution in [0, 0.1) is 11.8 Å². The van der Waals surface area contributed by atoms with E-state index in [1.807, 2.05) is 47.6 Å². The molecule has 2 aliphatic carbocycles. The first kappa shape index (κ1) is 38.6. The molecule has 11 nitrogen and oxygen atoms in total. The second kappa shape index (κ2) is 17.8. The summed E-state index contributed by atoms with van der Waals surface area (Å²) in [6.45, 7) is 2.98. The number of aliphatic carboxylic acids is 1. The predicted octanol–water partition coefficient (Wildman–Crippen LogP) is 7.45. The number of carboxylic acids is 2. The van der Waals surface area contributed by atoms with Crippen molar-refractivity contribution in [3.63, 3.8) is 0 Å². The summed E-state index contributed by atoms with van der Waals surface area (Å²) < 4.78 is 21.6. The number of ether oxygens (including phenoxy) is 1. The van der Waals surface area contributed by atoms with Crippen molar-refractivity contribution >= 4 is 46.5 Å². The van der Waals surface area contributed by atoms with Crippen LogP contribution < -0.4 is 15.4 Å². The van der Waals surface area contributed by atoms with Crippen LogP contribution in [0.5, 0.6) is 5.75 Å². The van der Waals surface area contributed by atoms with E-state index < -0.39 is 35.1 Å². The van der Waals surface area contributed by atoms with Gasteiger partial charge >= 0.3 is 11.9 Å². The van der Waals surface area contributed by atoms with Gasteiger partial charge in [-0.25, -0.2) is 4.79 Å². The van der Waals surface area contributed by atoms with Crippen LogP contribution in [-0.2, 0) is 29.0 Å². The zero-order valence-corrected chi connectivity index (χ0v) is 31.0. The minimum absolute atomic E-state index is 0.0215. The number of aryl methyl sites for hydroxylation is 2. The van der Waals surface area contributed by atoms with E-state index in [1.54, 1.807) is 54.6 Å². The molecule has 12 heteroatoms. The average molecular weight is 752 g/mol. The monoisotopic (exact) mass is 751 g/mol. The lowest BCUT2D eigenvalue weighted by molar-refractivity contribution is -0.143. The molecule has 0 bridgehead atoms. The molecule has 0 saturated heterocycles. The van der Waals surface area contributed by atoms with Crippen molar-refractivity contribution in [1.82, 2.24) is 4.31 Å². The first-order valence-corrected chi connectivity index (χ1v) is 19.5. The second-order valence-corrected chi connectivity index (χ2v) is 15.4. The molecule has 0 aromatic heterocycles. The van der Waals surface area contributed by atoms with Gasteiger partial charge in [0.25, 0.3) is 11.8 Å². The maximum atomic E-state index is 13.8. The Morgan fingerprint density at radius 3 is 2.06 bits per heavy atom. The van der Waals surface area contributed by atoms with Gasteiger partial charge < -0.3 is 30.1 Å². The Morgan fingerprint density at radius 2 is 1.44 bits per heavy atom. The van der Waals surface area contributed by atoms with Crippen LogP contribution in [-0.4, -0.2) is 62.0 Å². The summed E-state index contributed by atoms with van der Waals surface area (Å²) >= 11 is -1.56. The van der Waals surface area contributed by atoms with Crippen molar-refractivity contribution in [3.8, 4) is 5.75 Å². The fraction of sp³-hybridized carbons (Fsp3) is 0.333. The standard InChI is InChI=1S/C42H45N3O8S/c1-2-45(34-20-16-31(17-21-34)42(50)51)54(52)36-5-3-4-32(24-36)39(46)44-38-23-22-35(53-26-29-8-9-29)25-37(38)40(47)43-33-18-12-28(13-19-33)7-6-27-10-14-30(15-11-27)41(48)49/h3-5,10-15,18-19,22-25,29,31,34H,2,6-9,16-17,20-21,26H2,1H3,(H,43,47)(H,44,46)(H,48,49)(H,50,51). The van der Waals surface area contributed by atoms with Crippen molar-refractivity contribution in [2.24, 2.45) is 11.8 Å². The third-order valence-corrected chi connectivity index (χ3v) is 11.7. The fourth-order valence-electron chi connectivity index (χ4n) is 6.66. The van der Waals surface area contributed by atoms with Gasteiger partial charge in [-0.05, 0) is 130 Å². The van der Waals surface area contributed by atoms with Gasteiger partial charge in [0.15, 0.2) is 4.90 Å². The van der Waals surface area contributed by atoms with Crippen molar-refractivity contribution in [3.05, 3.63) is 119 Å². The molecule has 2 amide bonds. The molecule has 2 fully saturated rings. The minimum atomic E-state index is -1.56. The Morgan fingerprint density at radius 1 is 0.778 bits per heavy atom. The number of rotatable bonds is 16. The molecule has 0 radical (unpaired) electrons. The Labute approximate surface area is 318 Å². The van der Waals surface area contributed by atoms with E-state index in [-0.39, 0.29) is 28.7 Å². The molecule has 282 valence electrons. The lowest BCUT2D eigenvalue weighted by Gasteiger charge is -2.34. The third-order valence-electron chi connectivity index (χ3n) is 10.1. The molecule has 54 heavy (non-hydrogen) atoms. The van der Waals surface area contributed by atoms with Gasteiger partial charge in [-0.15, -0.1) is 4.31 Å². The SMILES string of the molecule is CCN(C1CCC(C(=O)O)CC1)[S+]([O-])c1cccc(C(=O)Nc2ccc(OCC3CC3)cc2C(=O)Nc2ccc(CCc3ccc(C(=O)O)cc3)cc2)c1. The minimum Gasteiger partial charge on any atom is -0.593 e. The summed E-state index contributed by atoms with van der Waals surface area (Å²) in [5, 5.41) is 24.3. The number of anilines is 2. The van der Waals surface area contributed by atoms with E-state index in [2.05, 4.69) is 10.6 Å². The largest absolute Gasteiger partial charge is 0.593 e. The normalized spacial score (nSPS) is 17.4. The average Bonchev–Trinajstić information content (AvgIpc) is 4.02. The molecule has 4 aromatic carbocycles. The highest BCUT2D eigenvalue weighted by Crippen LogP contribution is 2.33. The van der Waals surface area contributed by atoms with E-state index in [4.69, 9.17) is 9.84 Å². The Balaban J connectivity index is 1.13. The lowest BCUT2D eigenvalue weighted by atomic mass is 9.86. The predicted molar refractivity (Wildman–Crippen MR) is 206 cm³/mol. The van der Waals surface area contributed by atoms with Gasteiger partial charge in [0.05, 0.1) is 46.7 Å². The van der Waals surface area contributed by atoms with Crippen LogP contribution >= 0.6 is 0 Å². The summed E-state index contributed by atoms with van der Waals surface area (Å²) in [4.78, 5) is 50.4. The second-order valence-electron chi connectivity index (χ2n) is 13.9. The number of benzene rings is 4. The van der Waals surface area contributed by atoms with Crippen LogP contribution in [0.25, 0.3) is 0 Å². The molecule has 1 unspecified atom stereocenters. The molecular weight excluding hydrogens is 707 g/mol. The van der Waals surface area contributed by atoms with E-state index >= 15 is 0 Å². The molecule has 0 aliphatic heterocycles. The first-order valence-electron chi connectivity index (χ1n) is 18.4. The number of carboxylic acid groups (broad SMARTS) is 2. The van der Waals surface area contributed by atoms with Gasteiger partial charge in [-0.3, -0.25) is 14.4 Å². The summed E-state index contributed by atoms with van der Waals surface area (Å²) in [6.07, 6.45) is 6.03. The Bertz CT molecular complexity index is 1960. The van der Waals surface area contributed by atoms with Crippen LogP contribution in [0.4, 0.5) is 11.4 Å². The van der Waals surface area contributed by atoms with E-state index in [0.717, 1.165) is 36.8 Å². The topological polar surface area (TPSA) is 168 Å². The zero-order valence-electron chi connectivity index (χ0n) is 30.2. The highest BCUT2D eigenvalue weighted by molar-refractivity contribution is 7.89. The van der Waals surface area contributed by atoms with Gasteiger partial charge in [0.1, 0.15) is 5.75 Å². The number of nitrogens with zero attached hydrogens (tertiary/aromatic N) is 1. The fourth-order valence-corrected chi connectivity index (χ4v) is 8.07. The molecule has 1 atom stereocenters.